The molecule has 1 fully saturated rings. The molecule has 1 aromatic rings. The molecule has 1 aliphatic rings. The molecule has 3 atom stereocenters. The molecule has 1 aliphatic heterocycles. The molecule has 0 bridgehead atoms. The number of hydrogen-bond acceptors (Lipinski definition) is 5. The number of methoxy groups -OCH3 is 1. The van der Waals surface area contributed by atoms with E-state index in [-0.39, 0.29) is 6.04 Å². The third-order valence-corrected chi connectivity index (χ3v) is 7.41. The van der Waals surface area contributed by atoms with Gasteiger partial charge in [0.15, 0.2) is 0 Å². The van der Waals surface area contributed by atoms with Crippen LogP contribution in [-0.2, 0) is 11.3 Å². The topological polar surface area (TPSA) is 39.1 Å². The minimum absolute atomic E-state index is 0.222. The summed E-state index contributed by atoms with van der Waals surface area (Å²) in [6.07, 6.45) is 2.93. The lowest BCUT2D eigenvalue weighted by atomic mass is 10.1. The van der Waals surface area contributed by atoms with Crippen LogP contribution in [0.1, 0.15) is 25.1 Å². The van der Waals surface area contributed by atoms with Crippen LogP contribution in [0, 0.1) is 0 Å². The van der Waals surface area contributed by atoms with Crippen molar-refractivity contribution in [2.75, 3.05) is 32.3 Å². The summed E-state index contributed by atoms with van der Waals surface area (Å²) in [6.45, 7) is 3.65. The van der Waals surface area contributed by atoms with Gasteiger partial charge in [0.2, 0.25) is 0 Å². The molecule has 120 valence electrons. The van der Waals surface area contributed by atoms with Crippen LogP contribution in [0.3, 0.4) is 0 Å². The fourth-order valence-electron chi connectivity index (χ4n) is 2.74. The van der Waals surface area contributed by atoms with Gasteiger partial charge in [0.05, 0.1) is 36.1 Å². The first kappa shape index (κ1) is 17.5. The summed E-state index contributed by atoms with van der Waals surface area (Å²) < 4.78 is 7.16. The Morgan fingerprint density at radius 1 is 1.52 bits per heavy atom. The molecular weight excluding hydrogens is 326 g/mol. The zero-order valence-corrected chi connectivity index (χ0v) is 15.2. The van der Waals surface area contributed by atoms with Crippen molar-refractivity contribution in [3.05, 3.63) is 16.9 Å². The zero-order valence-electron chi connectivity index (χ0n) is 12.8. The largest absolute Gasteiger partial charge is 0.383 e. The Kier molecular flexibility index (Phi) is 7.22. The lowest BCUT2D eigenvalue weighted by Crippen LogP contribution is -2.38. The second-order valence-electron chi connectivity index (χ2n) is 5.01. The van der Waals surface area contributed by atoms with Crippen molar-refractivity contribution in [2.24, 2.45) is 0 Å². The number of rotatable bonds is 7. The minimum Gasteiger partial charge on any atom is -0.383 e. The van der Waals surface area contributed by atoms with Gasteiger partial charge in [-0.3, -0.25) is 4.68 Å². The number of thioether (sulfide) groups is 2. The predicted octanol–water partition coefficient (Wildman–Crippen LogP) is 3.07. The van der Waals surface area contributed by atoms with Gasteiger partial charge >= 0.3 is 0 Å². The summed E-state index contributed by atoms with van der Waals surface area (Å²) in [4.78, 5) is 0. The number of nitrogens with zero attached hydrogens (tertiary/aromatic N) is 2. The first-order valence-corrected chi connectivity index (χ1v) is 9.81. The minimum atomic E-state index is 0.222. The van der Waals surface area contributed by atoms with Crippen LogP contribution in [0.2, 0.25) is 5.02 Å². The summed E-state index contributed by atoms with van der Waals surface area (Å²) in [5.41, 5.74) is 1.09. The van der Waals surface area contributed by atoms with Crippen molar-refractivity contribution in [1.29, 1.82) is 0 Å². The summed E-state index contributed by atoms with van der Waals surface area (Å²) in [5.74, 6) is 2.45. The molecule has 0 amide bonds. The Labute approximate surface area is 140 Å². The van der Waals surface area contributed by atoms with Gasteiger partial charge < -0.3 is 10.1 Å². The quantitative estimate of drug-likeness (QED) is 0.819. The number of halogens is 1. The van der Waals surface area contributed by atoms with Crippen molar-refractivity contribution in [2.45, 2.75) is 36.4 Å². The Bertz CT molecular complexity index is 444. The molecule has 3 unspecified atom stereocenters. The van der Waals surface area contributed by atoms with E-state index in [2.05, 4.69) is 40.9 Å². The number of ether oxygens (including phenoxy) is 1. The van der Waals surface area contributed by atoms with E-state index in [1.807, 2.05) is 11.7 Å². The van der Waals surface area contributed by atoms with Crippen molar-refractivity contribution >= 4 is 35.1 Å². The fourth-order valence-corrected chi connectivity index (χ4v) is 6.26. The van der Waals surface area contributed by atoms with E-state index in [4.69, 9.17) is 16.3 Å². The summed E-state index contributed by atoms with van der Waals surface area (Å²) in [7, 11) is 3.72. The maximum absolute atomic E-state index is 6.43. The lowest BCUT2D eigenvalue weighted by Gasteiger charge is -2.36. The normalized spacial score (nSPS) is 24.2. The first-order chi connectivity index (χ1) is 10.2. The molecule has 1 aromatic heterocycles. The molecule has 4 nitrogen and oxygen atoms in total. The summed E-state index contributed by atoms with van der Waals surface area (Å²) in [6, 6.07) is 0.222. The van der Waals surface area contributed by atoms with Crippen LogP contribution >= 0.6 is 35.1 Å². The zero-order chi connectivity index (χ0) is 15.2. The molecule has 2 heterocycles. The van der Waals surface area contributed by atoms with Gasteiger partial charge in [0, 0.05) is 29.1 Å². The van der Waals surface area contributed by atoms with E-state index in [0.717, 1.165) is 17.3 Å². The molecule has 21 heavy (non-hydrogen) atoms. The molecule has 2 rings (SSSR count). The molecular formula is C14H24ClN3OS2. The van der Waals surface area contributed by atoms with E-state index in [1.54, 1.807) is 13.3 Å². The Morgan fingerprint density at radius 3 is 2.95 bits per heavy atom. The van der Waals surface area contributed by atoms with Crippen LogP contribution in [-0.4, -0.2) is 52.6 Å². The summed E-state index contributed by atoms with van der Waals surface area (Å²) in [5, 5.41) is 9.82. The van der Waals surface area contributed by atoms with Gasteiger partial charge in [0.25, 0.3) is 0 Å². The van der Waals surface area contributed by atoms with Crippen molar-refractivity contribution in [1.82, 2.24) is 15.1 Å². The highest BCUT2D eigenvalue weighted by Crippen LogP contribution is 2.41. The Balaban J connectivity index is 2.25. The second kappa shape index (κ2) is 8.67. The molecule has 0 radical (unpaired) electrons. The average Bonchev–Trinajstić information content (AvgIpc) is 2.88. The second-order valence-corrected chi connectivity index (χ2v) is 8.05. The maximum atomic E-state index is 6.43. The van der Waals surface area contributed by atoms with Crippen molar-refractivity contribution in [3.8, 4) is 0 Å². The lowest BCUT2D eigenvalue weighted by molar-refractivity contribution is 0.181. The number of hydrogen-bond donors (Lipinski definition) is 1. The van der Waals surface area contributed by atoms with E-state index >= 15 is 0 Å². The van der Waals surface area contributed by atoms with Crippen LogP contribution in [0.15, 0.2) is 6.20 Å². The third kappa shape index (κ3) is 4.10. The van der Waals surface area contributed by atoms with Crippen LogP contribution < -0.4 is 5.32 Å². The van der Waals surface area contributed by atoms with Crippen LogP contribution in [0.4, 0.5) is 0 Å². The van der Waals surface area contributed by atoms with Crippen molar-refractivity contribution in [3.63, 3.8) is 0 Å². The van der Waals surface area contributed by atoms with E-state index in [9.17, 15) is 0 Å². The maximum Gasteiger partial charge on any atom is 0.0834 e. The van der Waals surface area contributed by atoms with Gasteiger partial charge in [-0.05, 0) is 13.5 Å². The molecule has 0 saturated carbocycles. The number of nitrogens with one attached hydrogen (secondary N) is 1. The third-order valence-electron chi connectivity index (χ3n) is 3.77. The highest BCUT2D eigenvalue weighted by atomic mass is 35.5. The molecule has 1 saturated heterocycles. The SMILES string of the molecule is CCC1SCCSC1C(NC)c1c(Cl)cnn1CCOC. The predicted molar refractivity (Wildman–Crippen MR) is 93.7 cm³/mol. The molecule has 0 aliphatic carbocycles. The van der Waals surface area contributed by atoms with Gasteiger partial charge in [0.1, 0.15) is 0 Å². The standard InChI is InChI=1S/C14H24ClN3OS2/c1-4-11-14(21-8-7-20-11)12(16-2)13-10(15)9-17-18(13)5-6-19-3/h9,11-12,14,16H,4-8H2,1-3H3. The molecule has 0 aromatic carbocycles. The highest BCUT2D eigenvalue weighted by Gasteiger charge is 2.35. The van der Waals surface area contributed by atoms with Gasteiger partial charge in [-0.2, -0.15) is 28.6 Å². The average molecular weight is 350 g/mol. The van der Waals surface area contributed by atoms with Gasteiger partial charge in [-0.25, -0.2) is 0 Å². The number of aromatic nitrogens is 2. The smallest absolute Gasteiger partial charge is 0.0834 e. The molecule has 0 spiro atoms. The van der Waals surface area contributed by atoms with E-state index < -0.39 is 0 Å². The van der Waals surface area contributed by atoms with Gasteiger partial charge in [-0.1, -0.05) is 18.5 Å². The monoisotopic (exact) mass is 349 g/mol. The van der Waals surface area contributed by atoms with E-state index in [1.165, 1.54) is 17.9 Å². The van der Waals surface area contributed by atoms with Crippen molar-refractivity contribution < 1.29 is 4.74 Å². The molecule has 7 heteroatoms. The first-order valence-electron chi connectivity index (χ1n) is 7.33. The van der Waals surface area contributed by atoms with E-state index in [0.29, 0.717) is 17.1 Å². The Hall–Kier alpha value is 0.120. The highest BCUT2D eigenvalue weighted by molar-refractivity contribution is 8.07. The summed E-state index contributed by atoms with van der Waals surface area (Å²) >= 11 is 10.6. The van der Waals surface area contributed by atoms with Crippen LogP contribution in [0.5, 0.6) is 0 Å². The van der Waals surface area contributed by atoms with Gasteiger partial charge in [-0.15, -0.1) is 0 Å². The fraction of sp³-hybridized carbons (Fsp3) is 0.786. The van der Waals surface area contributed by atoms with Crippen LogP contribution in [0.25, 0.3) is 0 Å². The Morgan fingerprint density at radius 2 is 2.29 bits per heavy atom. The molecule has 1 N–H and O–H groups in total.